The summed E-state index contributed by atoms with van der Waals surface area (Å²) in [7, 11) is 0. The summed E-state index contributed by atoms with van der Waals surface area (Å²) in [5.74, 6) is 0.837. The molecule has 2 heterocycles. The lowest BCUT2D eigenvalue weighted by Gasteiger charge is -2.31. The van der Waals surface area contributed by atoms with E-state index in [0.717, 1.165) is 53.4 Å². The molecule has 1 aliphatic heterocycles. The number of likely N-dealkylation sites (tertiary alicyclic amines) is 1. The van der Waals surface area contributed by atoms with Crippen molar-refractivity contribution in [3.05, 3.63) is 34.5 Å². The van der Waals surface area contributed by atoms with Crippen molar-refractivity contribution in [3.8, 4) is 0 Å². The minimum atomic E-state index is -0.197. The third kappa shape index (κ3) is 3.95. The monoisotopic (exact) mass is 419 g/mol. The van der Waals surface area contributed by atoms with Gasteiger partial charge in [0.2, 0.25) is 5.91 Å². The van der Waals surface area contributed by atoms with E-state index in [4.69, 9.17) is 9.15 Å². The molecule has 138 valence electrons. The molecule has 2 aromatic rings. The number of piperidine rings is 1. The second kappa shape index (κ2) is 7.43. The number of amides is 1. The van der Waals surface area contributed by atoms with Crippen LogP contribution in [-0.4, -0.2) is 36.5 Å². The molecule has 0 unspecified atom stereocenters. The van der Waals surface area contributed by atoms with E-state index >= 15 is 0 Å². The first-order chi connectivity index (χ1) is 12.6. The number of nitrogens with zero attached hydrogens (tertiary/aromatic N) is 1. The fraction of sp³-hybridized carbons (Fsp3) is 0.500. The van der Waals surface area contributed by atoms with E-state index in [-0.39, 0.29) is 23.7 Å². The molecule has 5 nitrogen and oxygen atoms in total. The predicted octanol–water partition coefficient (Wildman–Crippen LogP) is 3.93. The molecular formula is C20H22BrNO4. The van der Waals surface area contributed by atoms with Crippen LogP contribution in [0.2, 0.25) is 0 Å². The van der Waals surface area contributed by atoms with Gasteiger partial charge < -0.3 is 14.1 Å². The highest BCUT2D eigenvalue weighted by atomic mass is 79.9. The molecule has 0 N–H and O–H groups in total. The minimum Gasteiger partial charge on any atom is -0.465 e. The lowest BCUT2D eigenvalue weighted by Crippen LogP contribution is -2.43. The van der Waals surface area contributed by atoms with E-state index < -0.39 is 0 Å². The molecule has 1 saturated heterocycles. The second-order valence-electron chi connectivity index (χ2n) is 7.21. The van der Waals surface area contributed by atoms with Crippen LogP contribution in [0.5, 0.6) is 0 Å². The van der Waals surface area contributed by atoms with Crippen LogP contribution >= 0.6 is 15.9 Å². The van der Waals surface area contributed by atoms with Crippen molar-refractivity contribution in [3.63, 3.8) is 0 Å². The van der Waals surface area contributed by atoms with Gasteiger partial charge in [0.25, 0.3) is 0 Å². The topological polar surface area (TPSA) is 59.8 Å². The zero-order valence-electron chi connectivity index (χ0n) is 14.6. The Morgan fingerprint density at radius 1 is 1.19 bits per heavy atom. The van der Waals surface area contributed by atoms with Gasteiger partial charge in [-0.25, -0.2) is 0 Å². The van der Waals surface area contributed by atoms with Crippen LogP contribution in [0, 0.1) is 11.8 Å². The van der Waals surface area contributed by atoms with Crippen molar-refractivity contribution in [1.29, 1.82) is 0 Å². The Labute approximate surface area is 160 Å². The summed E-state index contributed by atoms with van der Waals surface area (Å²) in [6.07, 6.45) is 4.22. The molecule has 0 spiro atoms. The number of furan rings is 1. The number of esters is 1. The highest BCUT2D eigenvalue weighted by Crippen LogP contribution is 2.32. The summed E-state index contributed by atoms with van der Waals surface area (Å²) in [5.41, 5.74) is 0.830. The maximum absolute atomic E-state index is 12.4. The molecule has 1 aromatic heterocycles. The maximum Gasteiger partial charge on any atom is 0.310 e. The number of hydrogen-bond acceptors (Lipinski definition) is 4. The molecule has 1 atom stereocenters. The third-order valence-corrected chi connectivity index (χ3v) is 5.61. The molecule has 6 heteroatoms. The van der Waals surface area contributed by atoms with Crippen LogP contribution in [-0.2, 0) is 20.7 Å². The molecule has 0 bridgehead atoms. The van der Waals surface area contributed by atoms with Gasteiger partial charge in [0.15, 0.2) is 0 Å². The van der Waals surface area contributed by atoms with Gasteiger partial charge >= 0.3 is 5.97 Å². The first kappa shape index (κ1) is 17.6. The van der Waals surface area contributed by atoms with Gasteiger partial charge in [0.05, 0.1) is 12.5 Å². The van der Waals surface area contributed by atoms with E-state index in [9.17, 15) is 9.59 Å². The van der Waals surface area contributed by atoms with E-state index in [1.165, 1.54) is 0 Å². The van der Waals surface area contributed by atoms with Crippen molar-refractivity contribution >= 4 is 38.8 Å². The summed E-state index contributed by atoms with van der Waals surface area (Å²) in [5, 5.41) is 1.03. The zero-order chi connectivity index (χ0) is 18.1. The van der Waals surface area contributed by atoms with Gasteiger partial charge in [-0.1, -0.05) is 15.9 Å². The molecule has 4 rings (SSSR count). The summed E-state index contributed by atoms with van der Waals surface area (Å²) in [6, 6.07) is 7.84. The van der Waals surface area contributed by atoms with Gasteiger partial charge in [-0.2, -0.15) is 0 Å². The number of benzene rings is 1. The fourth-order valence-corrected chi connectivity index (χ4v) is 3.90. The van der Waals surface area contributed by atoms with Crippen LogP contribution in [0.3, 0.4) is 0 Å². The largest absolute Gasteiger partial charge is 0.465 e. The Hall–Kier alpha value is -1.82. The average Bonchev–Trinajstić information content (AvgIpc) is 3.41. The summed E-state index contributed by atoms with van der Waals surface area (Å²) >= 11 is 3.45. The van der Waals surface area contributed by atoms with Crippen LogP contribution in [0.1, 0.15) is 31.4 Å². The lowest BCUT2D eigenvalue weighted by atomic mass is 9.98. The van der Waals surface area contributed by atoms with Crippen molar-refractivity contribution in [1.82, 2.24) is 4.90 Å². The summed E-state index contributed by atoms with van der Waals surface area (Å²) in [4.78, 5) is 26.4. The molecule has 1 amide bonds. The number of ether oxygens (including phenoxy) is 1. The SMILES string of the molecule is O=C(OCCc1cc2cc(Br)ccc2o1)[C@H]1CCCN(C(=O)C2CC2)C1. The van der Waals surface area contributed by atoms with E-state index in [1.54, 1.807) is 0 Å². The minimum absolute atomic E-state index is 0.196. The van der Waals surface area contributed by atoms with Gasteiger partial charge in [-0.15, -0.1) is 0 Å². The Kier molecular flexibility index (Phi) is 5.02. The van der Waals surface area contributed by atoms with Crippen LogP contribution in [0.15, 0.2) is 33.2 Å². The molecular weight excluding hydrogens is 398 g/mol. The number of halogens is 1. The van der Waals surface area contributed by atoms with Gasteiger partial charge in [0, 0.05) is 35.3 Å². The number of hydrogen-bond donors (Lipinski definition) is 0. The molecule has 0 radical (unpaired) electrons. The molecule has 1 aliphatic carbocycles. The zero-order valence-corrected chi connectivity index (χ0v) is 16.2. The molecule has 2 fully saturated rings. The van der Waals surface area contributed by atoms with Gasteiger partial charge in [-0.3, -0.25) is 9.59 Å². The second-order valence-corrected chi connectivity index (χ2v) is 8.13. The highest BCUT2D eigenvalue weighted by molar-refractivity contribution is 9.10. The molecule has 26 heavy (non-hydrogen) atoms. The number of carbonyl (C=O) groups is 2. The van der Waals surface area contributed by atoms with Crippen molar-refractivity contribution in [2.24, 2.45) is 11.8 Å². The summed E-state index contributed by atoms with van der Waals surface area (Å²) < 4.78 is 12.2. The normalized spacial score (nSPS) is 20.3. The number of rotatable bonds is 5. The molecule has 1 aromatic carbocycles. The van der Waals surface area contributed by atoms with E-state index in [0.29, 0.717) is 19.6 Å². The average molecular weight is 420 g/mol. The molecule has 1 saturated carbocycles. The van der Waals surface area contributed by atoms with Crippen LogP contribution < -0.4 is 0 Å². The third-order valence-electron chi connectivity index (χ3n) is 5.12. The number of fused-ring (bicyclic) bond motifs is 1. The van der Waals surface area contributed by atoms with E-state index in [1.807, 2.05) is 29.2 Å². The maximum atomic E-state index is 12.4. The van der Waals surface area contributed by atoms with Crippen molar-refractivity contribution < 1.29 is 18.7 Å². The quantitative estimate of drug-likeness (QED) is 0.688. The highest BCUT2D eigenvalue weighted by Gasteiger charge is 2.37. The van der Waals surface area contributed by atoms with E-state index in [2.05, 4.69) is 15.9 Å². The Morgan fingerprint density at radius 3 is 2.85 bits per heavy atom. The Morgan fingerprint density at radius 2 is 2.04 bits per heavy atom. The Balaban J connectivity index is 1.28. The Bertz CT molecular complexity index is 826. The van der Waals surface area contributed by atoms with Gasteiger partial charge in [0.1, 0.15) is 11.3 Å². The van der Waals surface area contributed by atoms with Crippen LogP contribution in [0.4, 0.5) is 0 Å². The first-order valence-electron chi connectivity index (χ1n) is 9.23. The first-order valence-corrected chi connectivity index (χ1v) is 10.0. The van der Waals surface area contributed by atoms with Gasteiger partial charge in [-0.05, 0) is 49.9 Å². The predicted molar refractivity (Wildman–Crippen MR) is 101 cm³/mol. The smallest absolute Gasteiger partial charge is 0.310 e. The fourth-order valence-electron chi connectivity index (χ4n) is 3.52. The van der Waals surface area contributed by atoms with Crippen molar-refractivity contribution in [2.45, 2.75) is 32.1 Å². The van der Waals surface area contributed by atoms with Crippen molar-refractivity contribution in [2.75, 3.05) is 19.7 Å². The number of carbonyl (C=O) groups excluding carboxylic acids is 2. The standard InChI is InChI=1S/C20H22BrNO4/c21-16-5-6-18-15(10-16)11-17(26-18)7-9-25-20(24)14-2-1-8-22(12-14)19(23)13-3-4-13/h5-6,10-11,13-14H,1-4,7-9,12H2/t14-/m0/s1. The summed E-state index contributed by atoms with van der Waals surface area (Å²) in [6.45, 7) is 1.58. The molecule has 2 aliphatic rings. The lowest BCUT2D eigenvalue weighted by molar-refractivity contribution is -0.151. The van der Waals surface area contributed by atoms with Crippen LogP contribution in [0.25, 0.3) is 11.0 Å².